The number of hydrogen-bond acceptors (Lipinski definition) is 1. The standard InChI is InChI=1S/C14H15N/c1-9-2-4-13-10(6-9)7-11-8-12(15)3-5-14(11)13/h2-6,8,10,13H,7,15H2,1H3. The minimum atomic E-state index is 0.587. The van der Waals surface area contributed by atoms with Gasteiger partial charge in [0.2, 0.25) is 0 Å². The fraction of sp³-hybridized carbons (Fsp3) is 0.286. The van der Waals surface area contributed by atoms with Gasteiger partial charge in [-0.1, -0.05) is 29.9 Å². The predicted molar refractivity (Wildman–Crippen MR) is 63.7 cm³/mol. The van der Waals surface area contributed by atoms with Crippen molar-refractivity contribution >= 4 is 5.69 Å². The number of benzene rings is 1. The molecule has 3 rings (SSSR count). The molecule has 0 bridgehead atoms. The van der Waals surface area contributed by atoms with Crippen LogP contribution in [0, 0.1) is 5.92 Å². The molecule has 76 valence electrons. The Labute approximate surface area is 90.3 Å². The Morgan fingerprint density at radius 3 is 3.07 bits per heavy atom. The summed E-state index contributed by atoms with van der Waals surface area (Å²) in [4.78, 5) is 0. The summed E-state index contributed by atoms with van der Waals surface area (Å²) < 4.78 is 0. The van der Waals surface area contributed by atoms with Crippen molar-refractivity contribution in [2.75, 3.05) is 5.73 Å². The van der Waals surface area contributed by atoms with Gasteiger partial charge in [-0.2, -0.15) is 0 Å². The molecule has 2 aliphatic rings. The van der Waals surface area contributed by atoms with Crippen LogP contribution in [0.4, 0.5) is 5.69 Å². The maximum absolute atomic E-state index is 5.81. The van der Waals surface area contributed by atoms with Crippen LogP contribution in [-0.2, 0) is 6.42 Å². The third-order valence-electron chi connectivity index (χ3n) is 3.49. The van der Waals surface area contributed by atoms with E-state index in [0.29, 0.717) is 11.8 Å². The average molecular weight is 197 g/mol. The third-order valence-corrected chi connectivity index (χ3v) is 3.49. The normalized spacial score (nSPS) is 27.1. The van der Waals surface area contributed by atoms with Crippen molar-refractivity contribution in [2.45, 2.75) is 19.3 Å². The maximum atomic E-state index is 5.81. The summed E-state index contributed by atoms with van der Waals surface area (Å²) in [7, 11) is 0. The highest BCUT2D eigenvalue weighted by atomic mass is 14.5. The Morgan fingerprint density at radius 2 is 2.20 bits per heavy atom. The van der Waals surface area contributed by atoms with Gasteiger partial charge in [0.15, 0.2) is 0 Å². The Kier molecular flexibility index (Phi) is 1.75. The monoisotopic (exact) mass is 197 g/mol. The van der Waals surface area contributed by atoms with Gasteiger partial charge in [-0.25, -0.2) is 0 Å². The van der Waals surface area contributed by atoms with Crippen LogP contribution in [-0.4, -0.2) is 0 Å². The topological polar surface area (TPSA) is 26.0 Å². The Hall–Kier alpha value is -1.50. The van der Waals surface area contributed by atoms with Gasteiger partial charge >= 0.3 is 0 Å². The zero-order valence-corrected chi connectivity index (χ0v) is 8.90. The first kappa shape index (κ1) is 8.78. The summed E-state index contributed by atoms with van der Waals surface area (Å²) in [5, 5.41) is 0. The fourth-order valence-electron chi connectivity index (χ4n) is 2.80. The van der Waals surface area contributed by atoms with Gasteiger partial charge in [-0.3, -0.25) is 0 Å². The second kappa shape index (κ2) is 2.99. The lowest BCUT2D eigenvalue weighted by Gasteiger charge is -2.18. The zero-order valence-electron chi connectivity index (χ0n) is 8.90. The molecule has 2 aliphatic carbocycles. The van der Waals surface area contributed by atoms with Gasteiger partial charge in [-0.15, -0.1) is 0 Å². The molecule has 2 N–H and O–H groups in total. The predicted octanol–water partition coefficient (Wildman–Crippen LogP) is 3.04. The number of fused-ring (bicyclic) bond motifs is 3. The van der Waals surface area contributed by atoms with E-state index in [2.05, 4.69) is 37.3 Å². The third kappa shape index (κ3) is 1.30. The van der Waals surface area contributed by atoms with Gasteiger partial charge in [-0.05, 0) is 42.5 Å². The van der Waals surface area contributed by atoms with Crippen LogP contribution in [0.3, 0.4) is 0 Å². The van der Waals surface area contributed by atoms with Crippen LogP contribution in [0.5, 0.6) is 0 Å². The molecule has 15 heavy (non-hydrogen) atoms. The van der Waals surface area contributed by atoms with E-state index in [1.54, 1.807) is 0 Å². The number of anilines is 1. The first-order valence-corrected chi connectivity index (χ1v) is 5.49. The van der Waals surface area contributed by atoms with Crippen LogP contribution in [0.15, 0.2) is 42.0 Å². The second-order valence-corrected chi connectivity index (χ2v) is 4.62. The summed E-state index contributed by atoms with van der Waals surface area (Å²) in [5.41, 5.74) is 11.0. The van der Waals surface area contributed by atoms with Gasteiger partial charge in [0.25, 0.3) is 0 Å². The van der Waals surface area contributed by atoms with Gasteiger partial charge < -0.3 is 5.73 Å². The highest BCUT2D eigenvalue weighted by molar-refractivity contribution is 5.51. The molecule has 0 amide bonds. The fourth-order valence-corrected chi connectivity index (χ4v) is 2.80. The summed E-state index contributed by atoms with van der Waals surface area (Å²) in [6.45, 7) is 2.17. The molecule has 0 radical (unpaired) electrons. The van der Waals surface area contributed by atoms with Crippen LogP contribution in [0.2, 0.25) is 0 Å². The van der Waals surface area contributed by atoms with E-state index in [0.717, 1.165) is 12.1 Å². The van der Waals surface area contributed by atoms with E-state index >= 15 is 0 Å². The van der Waals surface area contributed by atoms with Crippen LogP contribution in [0.25, 0.3) is 0 Å². The number of allylic oxidation sites excluding steroid dienone is 4. The summed E-state index contributed by atoms with van der Waals surface area (Å²) in [6, 6.07) is 6.33. The highest BCUT2D eigenvalue weighted by Crippen LogP contribution is 2.42. The maximum Gasteiger partial charge on any atom is 0.0316 e. The van der Waals surface area contributed by atoms with E-state index < -0.39 is 0 Å². The van der Waals surface area contributed by atoms with Crippen molar-refractivity contribution in [3.8, 4) is 0 Å². The minimum absolute atomic E-state index is 0.587. The van der Waals surface area contributed by atoms with Gasteiger partial charge in [0.1, 0.15) is 0 Å². The van der Waals surface area contributed by atoms with Crippen molar-refractivity contribution in [3.05, 3.63) is 53.1 Å². The molecule has 0 fully saturated rings. The molecule has 1 aromatic carbocycles. The van der Waals surface area contributed by atoms with Crippen molar-refractivity contribution in [1.82, 2.24) is 0 Å². The molecule has 0 aliphatic heterocycles. The molecular formula is C14H15N. The first-order valence-electron chi connectivity index (χ1n) is 5.49. The van der Waals surface area contributed by atoms with Crippen molar-refractivity contribution in [1.29, 1.82) is 0 Å². The smallest absolute Gasteiger partial charge is 0.0316 e. The first-order chi connectivity index (χ1) is 7.24. The molecule has 0 spiro atoms. The molecule has 1 aromatic rings. The van der Waals surface area contributed by atoms with E-state index in [1.165, 1.54) is 16.7 Å². The Bertz CT molecular complexity index is 468. The minimum Gasteiger partial charge on any atom is -0.399 e. The molecule has 1 heteroatoms. The Balaban J connectivity index is 2.07. The van der Waals surface area contributed by atoms with E-state index in [-0.39, 0.29) is 0 Å². The van der Waals surface area contributed by atoms with Crippen LogP contribution < -0.4 is 5.73 Å². The second-order valence-electron chi connectivity index (χ2n) is 4.62. The number of nitrogens with two attached hydrogens (primary N) is 1. The van der Waals surface area contributed by atoms with Gasteiger partial charge in [0.05, 0.1) is 0 Å². The van der Waals surface area contributed by atoms with E-state index in [4.69, 9.17) is 5.73 Å². The quantitative estimate of drug-likeness (QED) is 0.636. The molecule has 2 atom stereocenters. The number of hydrogen-bond donors (Lipinski definition) is 1. The lowest BCUT2D eigenvalue weighted by Crippen LogP contribution is -2.06. The lowest BCUT2D eigenvalue weighted by atomic mass is 9.87. The van der Waals surface area contributed by atoms with E-state index in [9.17, 15) is 0 Å². The van der Waals surface area contributed by atoms with Crippen LogP contribution in [0.1, 0.15) is 24.0 Å². The molecule has 0 saturated carbocycles. The number of rotatable bonds is 0. The highest BCUT2D eigenvalue weighted by Gasteiger charge is 2.30. The zero-order chi connectivity index (χ0) is 10.4. The van der Waals surface area contributed by atoms with Crippen molar-refractivity contribution in [3.63, 3.8) is 0 Å². The van der Waals surface area contributed by atoms with Crippen LogP contribution >= 0.6 is 0 Å². The van der Waals surface area contributed by atoms with Crippen molar-refractivity contribution in [2.24, 2.45) is 5.92 Å². The summed E-state index contributed by atoms with van der Waals surface area (Å²) >= 11 is 0. The molecule has 2 unspecified atom stereocenters. The molecular weight excluding hydrogens is 182 g/mol. The molecule has 1 nitrogen and oxygen atoms in total. The van der Waals surface area contributed by atoms with Gasteiger partial charge in [0, 0.05) is 11.6 Å². The van der Waals surface area contributed by atoms with Crippen molar-refractivity contribution < 1.29 is 0 Å². The average Bonchev–Trinajstić information content (AvgIpc) is 2.53. The van der Waals surface area contributed by atoms with E-state index in [1.807, 2.05) is 6.07 Å². The largest absolute Gasteiger partial charge is 0.399 e. The number of nitrogen functional groups attached to an aromatic ring is 1. The lowest BCUT2D eigenvalue weighted by molar-refractivity contribution is 0.625. The molecule has 0 heterocycles. The SMILES string of the molecule is CC1=CC2Cc3cc(N)ccc3C2C=C1. The summed E-state index contributed by atoms with van der Waals surface area (Å²) in [5.74, 6) is 1.25. The Morgan fingerprint density at radius 1 is 1.33 bits per heavy atom. The summed E-state index contributed by atoms with van der Waals surface area (Å²) in [6.07, 6.45) is 8.10. The molecule has 0 saturated heterocycles. The molecule has 0 aromatic heterocycles.